The lowest BCUT2D eigenvalue weighted by atomic mass is 10.2. The first-order valence-electron chi connectivity index (χ1n) is 9.17. The third kappa shape index (κ3) is 5.62. The van der Waals surface area contributed by atoms with Crippen LogP contribution in [-0.4, -0.2) is 46.0 Å². The van der Waals surface area contributed by atoms with Gasteiger partial charge in [-0.1, -0.05) is 17.7 Å². The Hall–Kier alpha value is -3.44. The van der Waals surface area contributed by atoms with Gasteiger partial charge in [-0.15, -0.1) is 0 Å². The number of aromatic nitrogens is 2. The van der Waals surface area contributed by atoms with Gasteiger partial charge in [-0.2, -0.15) is 4.98 Å². The fraction of sp³-hybridized carbons (Fsp3) is 0.200. The zero-order chi connectivity index (χ0) is 23.3. The second kappa shape index (κ2) is 9.79. The number of nitrogens with one attached hydrogen (secondary N) is 3. The number of anilines is 5. The maximum atomic E-state index is 11.8. The van der Waals surface area contributed by atoms with E-state index in [1.807, 2.05) is 0 Å². The highest BCUT2D eigenvalue weighted by atomic mass is 35.5. The number of hydrogen-bond donors (Lipinski definition) is 3. The third-order valence-electron chi connectivity index (χ3n) is 4.17. The van der Waals surface area contributed by atoms with E-state index in [0.717, 1.165) is 6.26 Å². The van der Waals surface area contributed by atoms with Gasteiger partial charge in [0.1, 0.15) is 10.8 Å². The van der Waals surface area contributed by atoms with Crippen molar-refractivity contribution in [3.63, 3.8) is 0 Å². The van der Waals surface area contributed by atoms with Gasteiger partial charge in [0.15, 0.2) is 17.3 Å². The Kier molecular flexibility index (Phi) is 7.11. The molecular weight excluding hydrogens is 458 g/mol. The van der Waals surface area contributed by atoms with Gasteiger partial charge in [0.05, 0.1) is 50.8 Å². The van der Waals surface area contributed by atoms with Crippen molar-refractivity contribution in [3.8, 4) is 17.2 Å². The lowest BCUT2D eigenvalue weighted by molar-refractivity contribution is 0.356. The molecule has 3 N–H and O–H groups in total. The van der Waals surface area contributed by atoms with Crippen molar-refractivity contribution >= 4 is 50.5 Å². The molecule has 10 nitrogen and oxygen atoms in total. The van der Waals surface area contributed by atoms with Crippen LogP contribution >= 0.6 is 11.6 Å². The third-order valence-corrected chi connectivity index (χ3v) is 5.04. The van der Waals surface area contributed by atoms with Crippen molar-refractivity contribution in [2.45, 2.75) is 0 Å². The molecule has 0 aliphatic heterocycles. The normalized spacial score (nSPS) is 10.9. The largest absolute Gasteiger partial charge is 0.497 e. The monoisotopic (exact) mass is 479 g/mol. The van der Waals surface area contributed by atoms with Gasteiger partial charge in [0.25, 0.3) is 0 Å². The summed E-state index contributed by atoms with van der Waals surface area (Å²) in [7, 11) is 1.01. The number of ether oxygens (including phenoxy) is 3. The Balaban J connectivity index is 1.94. The molecule has 170 valence electrons. The van der Waals surface area contributed by atoms with Crippen LogP contribution in [0, 0.1) is 0 Å². The molecule has 0 atom stereocenters. The van der Waals surface area contributed by atoms with Crippen molar-refractivity contribution in [1.82, 2.24) is 9.97 Å². The van der Waals surface area contributed by atoms with Crippen LogP contribution in [0.1, 0.15) is 0 Å². The molecule has 0 saturated heterocycles. The van der Waals surface area contributed by atoms with E-state index in [2.05, 4.69) is 25.3 Å². The van der Waals surface area contributed by atoms with Gasteiger partial charge < -0.3 is 24.8 Å². The summed E-state index contributed by atoms with van der Waals surface area (Å²) in [6.07, 6.45) is 2.47. The fourth-order valence-electron chi connectivity index (χ4n) is 2.79. The highest BCUT2D eigenvalue weighted by molar-refractivity contribution is 7.92. The second-order valence-corrected chi connectivity index (χ2v) is 8.62. The summed E-state index contributed by atoms with van der Waals surface area (Å²) in [6, 6.07) is 10.2. The Morgan fingerprint density at radius 1 is 0.938 bits per heavy atom. The van der Waals surface area contributed by atoms with E-state index in [-0.39, 0.29) is 22.5 Å². The lowest BCUT2D eigenvalue weighted by Crippen LogP contribution is -2.11. The molecule has 0 fully saturated rings. The molecule has 0 radical (unpaired) electrons. The van der Waals surface area contributed by atoms with Crippen LogP contribution in [0.3, 0.4) is 0 Å². The maximum Gasteiger partial charge on any atom is 0.229 e. The number of benzene rings is 2. The summed E-state index contributed by atoms with van der Waals surface area (Å²) < 4.78 is 41.9. The molecule has 12 heteroatoms. The Morgan fingerprint density at radius 3 is 2.38 bits per heavy atom. The molecule has 32 heavy (non-hydrogen) atoms. The van der Waals surface area contributed by atoms with E-state index >= 15 is 0 Å². The topological polar surface area (TPSA) is 124 Å². The van der Waals surface area contributed by atoms with Gasteiger partial charge in [0.2, 0.25) is 16.0 Å². The molecule has 0 aliphatic carbocycles. The number of rotatable bonds is 9. The Labute approximate surface area is 190 Å². The summed E-state index contributed by atoms with van der Waals surface area (Å²) in [5.74, 6) is 1.99. The second-order valence-electron chi connectivity index (χ2n) is 6.47. The van der Waals surface area contributed by atoms with Crippen molar-refractivity contribution in [1.29, 1.82) is 0 Å². The fourth-order valence-corrected chi connectivity index (χ4v) is 3.50. The number of hydrogen-bond acceptors (Lipinski definition) is 9. The van der Waals surface area contributed by atoms with Crippen molar-refractivity contribution < 1.29 is 22.6 Å². The number of para-hydroxylation sites is 1. The summed E-state index contributed by atoms with van der Waals surface area (Å²) >= 11 is 6.28. The summed E-state index contributed by atoms with van der Waals surface area (Å²) in [5, 5.41) is 6.33. The average Bonchev–Trinajstić information content (AvgIpc) is 2.75. The van der Waals surface area contributed by atoms with Crippen molar-refractivity contribution in [2.24, 2.45) is 0 Å². The number of halogens is 1. The van der Waals surface area contributed by atoms with Gasteiger partial charge >= 0.3 is 0 Å². The van der Waals surface area contributed by atoms with Crippen LogP contribution in [0.4, 0.5) is 28.8 Å². The van der Waals surface area contributed by atoms with E-state index in [4.69, 9.17) is 25.8 Å². The van der Waals surface area contributed by atoms with Crippen molar-refractivity contribution in [2.75, 3.05) is 42.9 Å². The molecule has 3 aromatic rings. The average molecular weight is 480 g/mol. The Bertz CT molecular complexity index is 1220. The van der Waals surface area contributed by atoms with Gasteiger partial charge in [-0.05, 0) is 24.3 Å². The maximum absolute atomic E-state index is 11.8. The first-order valence-corrected chi connectivity index (χ1v) is 11.4. The molecule has 2 aromatic carbocycles. The SMILES string of the molecule is COc1ccc(Nc2nc(Nc3cccc(OC)c3OC)ncc2Cl)c(NS(C)(=O)=O)c1. The molecule has 0 unspecified atom stereocenters. The van der Waals surface area contributed by atoms with Crippen LogP contribution in [0.5, 0.6) is 17.2 Å². The number of sulfonamides is 1. The van der Waals surface area contributed by atoms with Crippen LogP contribution in [0.25, 0.3) is 0 Å². The molecule has 3 rings (SSSR count). The van der Waals surface area contributed by atoms with E-state index < -0.39 is 10.0 Å². The molecule has 0 saturated carbocycles. The standard InChI is InChI=1S/C20H22ClN5O5S/c1-29-12-8-9-14(16(10-12)26-32(4,27)28)23-19-13(21)11-22-20(25-19)24-15-6-5-7-17(30-2)18(15)31-3/h5-11,26H,1-4H3,(H2,22,23,24,25). The smallest absolute Gasteiger partial charge is 0.229 e. The molecule has 0 aliphatic rings. The molecular formula is C20H22ClN5O5S. The minimum absolute atomic E-state index is 0.231. The predicted octanol–water partition coefficient (Wildman–Crippen LogP) is 4.01. The van der Waals surface area contributed by atoms with Crippen molar-refractivity contribution in [3.05, 3.63) is 47.6 Å². The van der Waals surface area contributed by atoms with E-state index in [1.54, 1.807) is 43.5 Å². The predicted molar refractivity (Wildman–Crippen MR) is 125 cm³/mol. The minimum Gasteiger partial charge on any atom is -0.497 e. The van der Waals surface area contributed by atoms with Gasteiger partial charge in [-0.3, -0.25) is 4.72 Å². The molecule has 0 bridgehead atoms. The zero-order valence-corrected chi connectivity index (χ0v) is 19.3. The summed E-state index contributed by atoms with van der Waals surface area (Å²) in [6.45, 7) is 0. The van der Waals surface area contributed by atoms with Gasteiger partial charge in [0, 0.05) is 6.07 Å². The highest BCUT2D eigenvalue weighted by Gasteiger charge is 2.15. The first kappa shape index (κ1) is 23.2. The van der Waals surface area contributed by atoms with Crippen LogP contribution < -0.4 is 29.6 Å². The molecule has 0 spiro atoms. The summed E-state index contributed by atoms with van der Waals surface area (Å²) in [4.78, 5) is 8.60. The van der Waals surface area contributed by atoms with E-state index in [9.17, 15) is 8.42 Å². The summed E-state index contributed by atoms with van der Waals surface area (Å²) in [5.41, 5.74) is 1.27. The molecule has 0 amide bonds. The molecule has 1 aromatic heterocycles. The molecule has 1 heterocycles. The Morgan fingerprint density at radius 2 is 1.72 bits per heavy atom. The van der Waals surface area contributed by atoms with E-state index in [0.29, 0.717) is 28.6 Å². The van der Waals surface area contributed by atoms with Crippen LogP contribution in [-0.2, 0) is 10.0 Å². The number of nitrogens with zero attached hydrogens (tertiary/aromatic N) is 2. The van der Waals surface area contributed by atoms with Crippen LogP contribution in [0.15, 0.2) is 42.6 Å². The zero-order valence-electron chi connectivity index (χ0n) is 17.8. The van der Waals surface area contributed by atoms with Crippen LogP contribution in [0.2, 0.25) is 5.02 Å². The quantitative estimate of drug-likeness (QED) is 0.417. The van der Waals surface area contributed by atoms with E-state index in [1.165, 1.54) is 20.4 Å². The minimum atomic E-state index is -3.54. The van der Waals surface area contributed by atoms with Gasteiger partial charge in [-0.25, -0.2) is 13.4 Å². The lowest BCUT2D eigenvalue weighted by Gasteiger charge is -2.16. The first-order chi connectivity index (χ1) is 15.2. The number of methoxy groups -OCH3 is 3. The highest BCUT2D eigenvalue weighted by Crippen LogP contribution is 2.37.